The van der Waals surface area contributed by atoms with Crippen LogP contribution in [-0.2, 0) is 0 Å². The molecule has 0 aromatic carbocycles. The average molecular weight is 164 g/mol. The number of hydrogen-bond donors (Lipinski definition) is 0. The van der Waals surface area contributed by atoms with E-state index in [1.54, 1.807) is 0 Å². The van der Waals surface area contributed by atoms with Crippen molar-refractivity contribution in [1.29, 1.82) is 0 Å². The van der Waals surface area contributed by atoms with Gasteiger partial charge in [-0.2, -0.15) is 0 Å². The van der Waals surface area contributed by atoms with Crippen LogP contribution in [0.25, 0.3) is 0 Å². The van der Waals surface area contributed by atoms with Gasteiger partial charge < -0.3 is 4.90 Å². The van der Waals surface area contributed by atoms with E-state index in [1.807, 2.05) is 0 Å². The van der Waals surface area contributed by atoms with Crippen molar-refractivity contribution in [1.82, 2.24) is 4.90 Å². The highest BCUT2D eigenvalue weighted by atomic mass is 35.5. The lowest BCUT2D eigenvalue weighted by Gasteiger charge is -2.13. The Morgan fingerprint density at radius 1 is 1.10 bits per heavy atom. The molecule has 0 saturated heterocycles. The van der Waals surface area contributed by atoms with Crippen molar-refractivity contribution in [3.05, 3.63) is 12.3 Å². The van der Waals surface area contributed by atoms with E-state index in [-0.39, 0.29) is 12.4 Å². The molecule has 0 rings (SSSR count). The fourth-order valence-corrected chi connectivity index (χ4v) is 0.689. The molecule has 0 aliphatic heterocycles. The predicted molar refractivity (Wildman–Crippen MR) is 49.6 cm³/mol. The Balaban J connectivity index is 0. The minimum Gasteiger partial charge on any atom is -0.378 e. The molecule has 0 aromatic heterocycles. The Bertz CT molecular complexity index is 77.3. The Morgan fingerprint density at radius 3 is 1.90 bits per heavy atom. The van der Waals surface area contributed by atoms with E-state index in [2.05, 4.69) is 37.9 Å². The second kappa shape index (κ2) is 8.83. The van der Waals surface area contributed by atoms with Crippen molar-refractivity contribution in [2.24, 2.45) is 0 Å². The molecule has 0 aromatic rings. The molecule has 0 bridgehead atoms. The van der Waals surface area contributed by atoms with Crippen molar-refractivity contribution >= 4 is 12.4 Å². The Morgan fingerprint density at radius 2 is 1.60 bits per heavy atom. The first-order valence-electron chi connectivity index (χ1n) is 3.75. The SMILES string of the molecule is CC/C=C/N(CC)CC.Cl. The maximum Gasteiger partial charge on any atom is 0.0143 e. The molecule has 10 heavy (non-hydrogen) atoms. The molecule has 0 heterocycles. The van der Waals surface area contributed by atoms with Crippen molar-refractivity contribution in [3.8, 4) is 0 Å². The summed E-state index contributed by atoms with van der Waals surface area (Å²) in [6.45, 7) is 8.73. The van der Waals surface area contributed by atoms with Crippen LogP contribution in [0.3, 0.4) is 0 Å². The van der Waals surface area contributed by atoms with Crippen LogP contribution in [0.4, 0.5) is 0 Å². The van der Waals surface area contributed by atoms with E-state index in [1.165, 1.54) is 0 Å². The summed E-state index contributed by atoms with van der Waals surface area (Å²) in [6.07, 6.45) is 5.49. The molecule has 0 aliphatic carbocycles. The maximum absolute atomic E-state index is 2.28. The Kier molecular flexibility index (Phi) is 11.0. The van der Waals surface area contributed by atoms with Gasteiger partial charge in [0.2, 0.25) is 0 Å². The molecule has 1 nitrogen and oxygen atoms in total. The second-order valence-corrected chi connectivity index (χ2v) is 2.01. The number of hydrogen-bond acceptors (Lipinski definition) is 1. The van der Waals surface area contributed by atoms with E-state index >= 15 is 0 Å². The molecular weight excluding hydrogens is 146 g/mol. The van der Waals surface area contributed by atoms with Crippen LogP contribution in [0, 0.1) is 0 Å². The summed E-state index contributed by atoms with van der Waals surface area (Å²) in [5, 5.41) is 0. The molecule has 0 spiro atoms. The normalized spacial score (nSPS) is 9.50. The van der Waals surface area contributed by atoms with Gasteiger partial charge in [-0.15, -0.1) is 12.4 Å². The zero-order valence-corrected chi connectivity index (χ0v) is 7.95. The first kappa shape index (κ1) is 12.5. The van der Waals surface area contributed by atoms with Gasteiger partial charge in [0.25, 0.3) is 0 Å². The zero-order chi connectivity index (χ0) is 7.11. The van der Waals surface area contributed by atoms with Gasteiger partial charge in [0.05, 0.1) is 0 Å². The van der Waals surface area contributed by atoms with Crippen LogP contribution < -0.4 is 0 Å². The standard InChI is InChI=1S/C8H17N.ClH/c1-4-7-8-9(5-2)6-3;/h7-8H,4-6H2,1-3H3;1H/b8-7+;. The molecule has 0 atom stereocenters. The van der Waals surface area contributed by atoms with Gasteiger partial charge in [0.1, 0.15) is 0 Å². The molecule has 0 radical (unpaired) electrons. The first-order chi connectivity index (χ1) is 4.35. The van der Waals surface area contributed by atoms with Gasteiger partial charge >= 0.3 is 0 Å². The van der Waals surface area contributed by atoms with Crippen LogP contribution in [-0.4, -0.2) is 18.0 Å². The van der Waals surface area contributed by atoms with Crippen molar-refractivity contribution in [2.75, 3.05) is 13.1 Å². The van der Waals surface area contributed by atoms with Crippen LogP contribution in [0.2, 0.25) is 0 Å². The summed E-state index contributed by atoms with van der Waals surface area (Å²) >= 11 is 0. The number of nitrogens with zero attached hydrogens (tertiary/aromatic N) is 1. The molecule has 0 aliphatic rings. The van der Waals surface area contributed by atoms with Gasteiger partial charge in [-0.25, -0.2) is 0 Å². The van der Waals surface area contributed by atoms with E-state index in [0.717, 1.165) is 19.5 Å². The number of halogens is 1. The number of rotatable bonds is 4. The molecule has 0 N–H and O–H groups in total. The maximum atomic E-state index is 2.28. The van der Waals surface area contributed by atoms with Gasteiger partial charge in [-0.1, -0.05) is 13.0 Å². The Hall–Kier alpha value is -0.170. The lowest BCUT2D eigenvalue weighted by molar-refractivity contribution is 0.417. The van der Waals surface area contributed by atoms with Crippen molar-refractivity contribution in [2.45, 2.75) is 27.2 Å². The minimum atomic E-state index is 0. The van der Waals surface area contributed by atoms with Gasteiger partial charge in [-0.05, 0) is 26.5 Å². The number of allylic oxidation sites excluding steroid dienone is 1. The monoisotopic (exact) mass is 163 g/mol. The summed E-state index contributed by atoms with van der Waals surface area (Å²) in [5.74, 6) is 0. The van der Waals surface area contributed by atoms with Crippen LogP contribution >= 0.6 is 12.4 Å². The van der Waals surface area contributed by atoms with Gasteiger partial charge in [-0.3, -0.25) is 0 Å². The highest BCUT2D eigenvalue weighted by Crippen LogP contribution is 1.89. The fraction of sp³-hybridized carbons (Fsp3) is 0.750. The largest absolute Gasteiger partial charge is 0.378 e. The fourth-order valence-electron chi connectivity index (χ4n) is 0.689. The molecule has 0 fully saturated rings. The average Bonchev–Trinajstić information content (AvgIpc) is 1.91. The molecule has 2 heteroatoms. The highest BCUT2D eigenvalue weighted by molar-refractivity contribution is 5.85. The van der Waals surface area contributed by atoms with Gasteiger partial charge in [0, 0.05) is 13.1 Å². The third-order valence-corrected chi connectivity index (χ3v) is 1.36. The molecule has 0 saturated carbocycles. The van der Waals surface area contributed by atoms with Crippen molar-refractivity contribution < 1.29 is 0 Å². The lowest BCUT2D eigenvalue weighted by Crippen LogP contribution is -2.14. The minimum absolute atomic E-state index is 0. The van der Waals surface area contributed by atoms with Crippen LogP contribution in [0.1, 0.15) is 27.2 Å². The smallest absolute Gasteiger partial charge is 0.0143 e. The van der Waals surface area contributed by atoms with Gasteiger partial charge in [0.15, 0.2) is 0 Å². The molecular formula is C8H18ClN. The molecule has 0 unspecified atom stereocenters. The molecule has 0 amide bonds. The van der Waals surface area contributed by atoms with E-state index in [0.29, 0.717) is 0 Å². The lowest BCUT2D eigenvalue weighted by atomic mass is 10.4. The Labute approximate surface area is 70.5 Å². The third kappa shape index (κ3) is 5.96. The quantitative estimate of drug-likeness (QED) is 0.616. The van der Waals surface area contributed by atoms with E-state index in [4.69, 9.17) is 0 Å². The van der Waals surface area contributed by atoms with E-state index < -0.39 is 0 Å². The first-order valence-corrected chi connectivity index (χ1v) is 3.75. The molecule has 62 valence electrons. The topological polar surface area (TPSA) is 3.24 Å². The summed E-state index contributed by atoms with van der Waals surface area (Å²) in [6, 6.07) is 0. The van der Waals surface area contributed by atoms with Crippen LogP contribution in [0.15, 0.2) is 12.3 Å². The third-order valence-electron chi connectivity index (χ3n) is 1.36. The summed E-state index contributed by atoms with van der Waals surface area (Å²) in [4.78, 5) is 2.28. The highest BCUT2D eigenvalue weighted by Gasteiger charge is 1.85. The van der Waals surface area contributed by atoms with Crippen molar-refractivity contribution in [3.63, 3.8) is 0 Å². The van der Waals surface area contributed by atoms with Crippen LogP contribution in [0.5, 0.6) is 0 Å². The summed E-state index contributed by atoms with van der Waals surface area (Å²) in [7, 11) is 0. The second-order valence-electron chi connectivity index (χ2n) is 2.01. The van der Waals surface area contributed by atoms with E-state index in [9.17, 15) is 0 Å². The predicted octanol–water partition coefficient (Wildman–Crippen LogP) is 2.67. The zero-order valence-electron chi connectivity index (χ0n) is 7.13. The summed E-state index contributed by atoms with van der Waals surface area (Å²) in [5.41, 5.74) is 0. The summed E-state index contributed by atoms with van der Waals surface area (Å²) < 4.78 is 0.